The maximum Gasteiger partial charge on any atom is 0.238 e. The maximum absolute atomic E-state index is 13.1. The Morgan fingerprint density at radius 3 is 2.67 bits per heavy atom. The van der Waals surface area contributed by atoms with Crippen LogP contribution in [0, 0.1) is 11.7 Å². The van der Waals surface area contributed by atoms with Crippen LogP contribution in [0.2, 0.25) is 0 Å². The third-order valence-corrected chi connectivity index (χ3v) is 4.48. The van der Waals surface area contributed by atoms with Gasteiger partial charge in [-0.25, -0.2) is 9.40 Å². The van der Waals surface area contributed by atoms with E-state index in [4.69, 9.17) is 0 Å². The summed E-state index contributed by atoms with van der Waals surface area (Å²) >= 11 is 0. The molecule has 2 aliphatic rings. The summed E-state index contributed by atoms with van der Waals surface area (Å²) in [6.07, 6.45) is 3.18. The summed E-state index contributed by atoms with van der Waals surface area (Å²) in [5.41, 5.74) is 0.895. The maximum atomic E-state index is 13.1. The second kappa shape index (κ2) is 5.56. The molecule has 0 aliphatic carbocycles. The largest absolute Gasteiger partial charge is 0.303 e. The molecule has 0 spiro atoms. The molecule has 21 heavy (non-hydrogen) atoms. The molecule has 2 aliphatic heterocycles. The predicted molar refractivity (Wildman–Crippen MR) is 75.6 cm³/mol. The minimum Gasteiger partial charge on any atom is -0.303 e. The lowest BCUT2D eigenvalue weighted by molar-refractivity contribution is -0.138. The van der Waals surface area contributed by atoms with Gasteiger partial charge in [-0.05, 0) is 24.1 Å². The summed E-state index contributed by atoms with van der Waals surface area (Å²) in [6.45, 7) is 2.68. The molecule has 5 heteroatoms. The van der Waals surface area contributed by atoms with Crippen molar-refractivity contribution < 1.29 is 14.0 Å². The summed E-state index contributed by atoms with van der Waals surface area (Å²) in [5.74, 6) is -0.455. The van der Waals surface area contributed by atoms with Gasteiger partial charge in [-0.15, -0.1) is 0 Å². The molecule has 3 atom stereocenters. The quantitative estimate of drug-likeness (QED) is 0.799. The van der Waals surface area contributed by atoms with E-state index >= 15 is 0 Å². The Balaban J connectivity index is 1.99. The third kappa shape index (κ3) is 2.25. The van der Waals surface area contributed by atoms with Gasteiger partial charge in [0.05, 0.1) is 18.0 Å². The number of hydrogen-bond acceptors (Lipinski definition) is 3. The summed E-state index contributed by atoms with van der Waals surface area (Å²) in [4.78, 5) is 23.8. The number of benzene rings is 1. The fourth-order valence-electron chi connectivity index (χ4n) is 3.63. The van der Waals surface area contributed by atoms with Gasteiger partial charge in [0.2, 0.25) is 5.91 Å². The van der Waals surface area contributed by atoms with Crippen molar-refractivity contribution in [2.75, 3.05) is 6.54 Å². The number of aldehydes is 1. The van der Waals surface area contributed by atoms with Crippen LogP contribution in [-0.2, 0) is 9.59 Å². The lowest BCUT2D eigenvalue weighted by atomic mass is 9.87. The van der Waals surface area contributed by atoms with Crippen LogP contribution in [0.25, 0.3) is 0 Å². The van der Waals surface area contributed by atoms with E-state index in [-0.39, 0.29) is 29.7 Å². The van der Waals surface area contributed by atoms with Crippen molar-refractivity contribution in [2.45, 2.75) is 38.3 Å². The predicted octanol–water partition coefficient (Wildman–Crippen LogP) is 2.31. The lowest BCUT2D eigenvalue weighted by Gasteiger charge is -2.27. The van der Waals surface area contributed by atoms with Crippen molar-refractivity contribution in [3.63, 3.8) is 0 Å². The van der Waals surface area contributed by atoms with Crippen molar-refractivity contribution in [2.24, 2.45) is 5.92 Å². The summed E-state index contributed by atoms with van der Waals surface area (Å²) in [6, 6.07) is 6.01. The molecule has 2 saturated heterocycles. The minimum absolute atomic E-state index is 0.0717. The van der Waals surface area contributed by atoms with E-state index in [1.54, 1.807) is 17.1 Å². The van der Waals surface area contributed by atoms with Crippen molar-refractivity contribution in [1.82, 2.24) is 10.0 Å². The van der Waals surface area contributed by atoms with Crippen LogP contribution in [0.4, 0.5) is 4.39 Å². The van der Waals surface area contributed by atoms with Gasteiger partial charge in [-0.2, -0.15) is 0 Å². The van der Waals surface area contributed by atoms with Gasteiger partial charge in [0.15, 0.2) is 0 Å². The van der Waals surface area contributed by atoms with Gasteiger partial charge in [0.25, 0.3) is 0 Å². The van der Waals surface area contributed by atoms with Gasteiger partial charge >= 0.3 is 0 Å². The van der Waals surface area contributed by atoms with E-state index in [1.807, 2.05) is 5.01 Å². The first kappa shape index (κ1) is 14.2. The molecule has 0 aromatic heterocycles. The summed E-state index contributed by atoms with van der Waals surface area (Å²) < 4.78 is 13.1. The standard InChI is InChI=1S/C16H19FN2O2/c1-2-3-14-13(10-20)16(11-4-6-12(17)7-5-11)18-9-8-15(21)19(14)18/h4-7,10,13-14,16H,2-3,8-9H2,1H3/t13-,14-,16-/m1/s1. The highest BCUT2D eigenvalue weighted by atomic mass is 19.1. The first-order chi connectivity index (χ1) is 10.2. The third-order valence-electron chi connectivity index (χ3n) is 4.48. The second-order valence-electron chi connectivity index (χ2n) is 5.72. The molecular weight excluding hydrogens is 271 g/mol. The van der Waals surface area contributed by atoms with Crippen molar-refractivity contribution in [3.05, 3.63) is 35.6 Å². The average molecular weight is 290 g/mol. The van der Waals surface area contributed by atoms with Gasteiger partial charge < -0.3 is 4.79 Å². The Kier molecular flexibility index (Phi) is 3.76. The summed E-state index contributed by atoms with van der Waals surface area (Å²) in [7, 11) is 0. The average Bonchev–Trinajstić information content (AvgIpc) is 2.99. The normalized spacial score (nSPS) is 29.0. The molecule has 2 heterocycles. The van der Waals surface area contributed by atoms with E-state index in [1.165, 1.54) is 12.1 Å². The first-order valence-corrected chi connectivity index (χ1v) is 7.46. The Labute approximate surface area is 123 Å². The molecule has 0 N–H and O–H groups in total. The van der Waals surface area contributed by atoms with E-state index in [9.17, 15) is 14.0 Å². The first-order valence-electron chi connectivity index (χ1n) is 7.46. The van der Waals surface area contributed by atoms with Crippen molar-refractivity contribution >= 4 is 12.2 Å². The van der Waals surface area contributed by atoms with Gasteiger partial charge in [-0.1, -0.05) is 25.5 Å². The van der Waals surface area contributed by atoms with E-state index in [0.29, 0.717) is 13.0 Å². The molecule has 0 bridgehead atoms. The molecule has 4 nitrogen and oxygen atoms in total. The fourth-order valence-corrected chi connectivity index (χ4v) is 3.63. The van der Waals surface area contributed by atoms with Crippen LogP contribution in [-0.4, -0.2) is 34.8 Å². The van der Waals surface area contributed by atoms with E-state index < -0.39 is 0 Å². The number of amides is 1. The fraction of sp³-hybridized carbons (Fsp3) is 0.500. The van der Waals surface area contributed by atoms with Gasteiger partial charge in [0, 0.05) is 13.0 Å². The van der Waals surface area contributed by atoms with Crippen LogP contribution in [0.5, 0.6) is 0 Å². The zero-order chi connectivity index (χ0) is 15.0. The van der Waals surface area contributed by atoms with Crippen LogP contribution in [0.3, 0.4) is 0 Å². The highest BCUT2D eigenvalue weighted by Gasteiger charge is 2.52. The van der Waals surface area contributed by atoms with Crippen molar-refractivity contribution in [1.29, 1.82) is 0 Å². The number of carbonyl (C=O) groups is 2. The molecule has 1 amide bonds. The number of hydrogen-bond donors (Lipinski definition) is 0. The Hall–Kier alpha value is -1.75. The van der Waals surface area contributed by atoms with Gasteiger partial charge in [0.1, 0.15) is 12.1 Å². The monoisotopic (exact) mass is 290 g/mol. The smallest absolute Gasteiger partial charge is 0.238 e. The highest BCUT2D eigenvalue weighted by molar-refractivity contribution is 5.79. The molecule has 2 fully saturated rings. The SMILES string of the molecule is CCC[C@@H]1[C@@H](C=O)[C@@H](c2ccc(F)cc2)N2CCC(=O)N12. The zero-order valence-electron chi connectivity index (χ0n) is 12.0. The van der Waals surface area contributed by atoms with Crippen molar-refractivity contribution in [3.8, 4) is 0 Å². The lowest BCUT2D eigenvalue weighted by Crippen LogP contribution is -2.39. The van der Waals surface area contributed by atoms with Crippen LogP contribution >= 0.6 is 0 Å². The van der Waals surface area contributed by atoms with E-state index in [2.05, 4.69) is 6.92 Å². The molecule has 3 rings (SSSR count). The number of halogens is 1. The molecule has 1 aromatic rings. The van der Waals surface area contributed by atoms with Crippen LogP contribution in [0.1, 0.15) is 37.8 Å². The second-order valence-corrected chi connectivity index (χ2v) is 5.72. The number of rotatable bonds is 4. The molecular formula is C16H19FN2O2. The van der Waals surface area contributed by atoms with Crippen LogP contribution in [0.15, 0.2) is 24.3 Å². The molecule has 0 saturated carbocycles. The topological polar surface area (TPSA) is 40.6 Å². The number of hydrazine groups is 1. The molecule has 1 aromatic carbocycles. The number of carbonyl (C=O) groups excluding carboxylic acids is 2. The molecule has 0 radical (unpaired) electrons. The highest BCUT2D eigenvalue weighted by Crippen LogP contribution is 2.44. The Morgan fingerprint density at radius 1 is 1.33 bits per heavy atom. The van der Waals surface area contributed by atoms with Gasteiger partial charge in [-0.3, -0.25) is 9.80 Å². The molecule has 0 unspecified atom stereocenters. The Morgan fingerprint density at radius 2 is 2.05 bits per heavy atom. The zero-order valence-corrected chi connectivity index (χ0v) is 12.0. The van der Waals surface area contributed by atoms with E-state index in [0.717, 1.165) is 24.7 Å². The number of fused-ring (bicyclic) bond motifs is 1. The Bertz CT molecular complexity index is 546. The minimum atomic E-state index is -0.293. The molecule has 112 valence electrons. The summed E-state index contributed by atoms with van der Waals surface area (Å²) in [5, 5.41) is 3.77. The number of nitrogens with zero attached hydrogens (tertiary/aromatic N) is 2. The van der Waals surface area contributed by atoms with Crippen LogP contribution < -0.4 is 0 Å².